The standard InChI is InChI=1S/C5H13NO2/c1-5(3-6)8-4-7-2/h5H,3-4,6H2,1-2H3. The highest BCUT2D eigenvalue weighted by molar-refractivity contribution is 4.45. The topological polar surface area (TPSA) is 44.5 Å². The van der Waals surface area contributed by atoms with Gasteiger partial charge in [0.05, 0.1) is 6.10 Å². The molecule has 0 fully saturated rings. The van der Waals surface area contributed by atoms with Gasteiger partial charge in [0.25, 0.3) is 0 Å². The second kappa shape index (κ2) is 5.03. The summed E-state index contributed by atoms with van der Waals surface area (Å²) in [6.07, 6.45) is 0.106. The molecular formula is C5H13NO2. The first-order chi connectivity index (χ1) is 3.81. The maximum Gasteiger partial charge on any atom is 0.146 e. The molecule has 0 radical (unpaired) electrons. The molecule has 0 aliphatic rings. The Morgan fingerprint density at radius 1 is 1.62 bits per heavy atom. The third kappa shape index (κ3) is 4.05. The smallest absolute Gasteiger partial charge is 0.146 e. The summed E-state index contributed by atoms with van der Waals surface area (Å²) in [7, 11) is 1.59. The van der Waals surface area contributed by atoms with Crippen molar-refractivity contribution in [1.29, 1.82) is 0 Å². The molecule has 0 bridgehead atoms. The minimum Gasteiger partial charge on any atom is -0.359 e. The third-order valence-corrected chi connectivity index (χ3v) is 0.802. The van der Waals surface area contributed by atoms with Crippen LogP contribution < -0.4 is 5.73 Å². The first-order valence-electron chi connectivity index (χ1n) is 2.62. The molecule has 0 aliphatic carbocycles. The summed E-state index contributed by atoms with van der Waals surface area (Å²) in [6, 6.07) is 0. The van der Waals surface area contributed by atoms with Gasteiger partial charge in [-0.25, -0.2) is 0 Å². The molecule has 0 spiro atoms. The second-order valence-corrected chi connectivity index (χ2v) is 1.62. The van der Waals surface area contributed by atoms with Crippen molar-refractivity contribution < 1.29 is 9.47 Å². The lowest BCUT2D eigenvalue weighted by Crippen LogP contribution is -2.20. The lowest BCUT2D eigenvalue weighted by molar-refractivity contribution is -0.0617. The Bertz CT molecular complexity index is 49.7. The Balaban J connectivity index is 2.86. The van der Waals surface area contributed by atoms with Crippen LogP contribution in [0.1, 0.15) is 6.92 Å². The lowest BCUT2D eigenvalue weighted by Gasteiger charge is -2.07. The van der Waals surface area contributed by atoms with Gasteiger partial charge in [-0.3, -0.25) is 0 Å². The van der Waals surface area contributed by atoms with E-state index in [-0.39, 0.29) is 6.10 Å². The molecule has 0 aromatic rings. The number of ether oxygens (including phenoxy) is 2. The molecule has 0 aromatic carbocycles. The maximum atomic E-state index is 5.23. The average Bonchev–Trinajstić information content (AvgIpc) is 1.83. The summed E-state index contributed by atoms with van der Waals surface area (Å²) in [4.78, 5) is 0. The molecule has 3 heteroatoms. The zero-order valence-electron chi connectivity index (χ0n) is 5.39. The van der Waals surface area contributed by atoms with E-state index in [1.807, 2.05) is 6.92 Å². The van der Waals surface area contributed by atoms with Crippen molar-refractivity contribution >= 4 is 0 Å². The van der Waals surface area contributed by atoms with Crippen LogP contribution in [0.5, 0.6) is 0 Å². The highest BCUT2D eigenvalue weighted by Gasteiger charge is 1.94. The first-order valence-corrected chi connectivity index (χ1v) is 2.62. The van der Waals surface area contributed by atoms with E-state index in [0.717, 1.165) is 0 Å². The summed E-state index contributed by atoms with van der Waals surface area (Å²) < 4.78 is 9.63. The van der Waals surface area contributed by atoms with Crippen LogP contribution >= 0.6 is 0 Å². The van der Waals surface area contributed by atoms with E-state index in [1.165, 1.54) is 0 Å². The van der Waals surface area contributed by atoms with Crippen LogP contribution in [0.15, 0.2) is 0 Å². The number of rotatable bonds is 4. The second-order valence-electron chi connectivity index (χ2n) is 1.62. The van der Waals surface area contributed by atoms with Gasteiger partial charge in [0.2, 0.25) is 0 Å². The van der Waals surface area contributed by atoms with E-state index < -0.39 is 0 Å². The summed E-state index contributed by atoms with van der Waals surface area (Å²) >= 11 is 0. The minimum absolute atomic E-state index is 0.106. The predicted molar refractivity (Wildman–Crippen MR) is 31.5 cm³/mol. The van der Waals surface area contributed by atoms with Crippen molar-refractivity contribution in [2.75, 3.05) is 20.4 Å². The van der Waals surface area contributed by atoms with Crippen LogP contribution in [0.3, 0.4) is 0 Å². The molecule has 1 atom stereocenters. The Kier molecular flexibility index (Phi) is 4.95. The largest absolute Gasteiger partial charge is 0.359 e. The van der Waals surface area contributed by atoms with Gasteiger partial charge in [0.15, 0.2) is 0 Å². The summed E-state index contributed by atoms with van der Waals surface area (Å²) in [5.74, 6) is 0. The molecule has 0 heterocycles. The lowest BCUT2D eigenvalue weighted by atomic mass is 10.4. The molecule has 50 valence electrons. The normalized spacial score (nSPS) is 13.9. The van der Waals surface area contributed by atoms with Crippen molar-refractivity contribution in [1.82, 2.24) is 0 Å². The van der Waals surface area contributed by atoms with Crippen LogP contribution in [0.25, 0.3) is 0 Å². The van der Waals surface area contributed by atoms with E-state index in [2.05, 4.69) is 4.74 Å². The van der Waals surface area contributed by atoms with Crippen LogP contribution in [-0.2, 0) is 9.47 Å². The monoisotopic (exact) mass is 119 g/mol. The fraction of sp³-hybridized carbons (Fsp3) is 1.00. The van der Waals surface area contributed by atoms with Crippen molar-refractivity contribution in [3.8, 4) is 0 Å². The van der Waals surface area contributed by atoms with Crippen LogP contribution in [0, 0.1) is 0 Å². The van der Waals surface area contributed by atoms with Crippen molar-refractivity contribution in [2.24, 2.45) is 5.73 Å². The molecule has 2 N–H and O–H groups in total. The first kappa shape index (κ1) is 7.88. The van der Waals surface area contributed by atoms with Gasteiger partial charge < -0.3 is 15.2 Å². The van der Waals surface area contributed by atoms with Gasteiger partial charge in [-0.1, -0.05) is 0 Å². The number of hydrogen-bond donors (Lipinski definition) is 1. The number of hydrogen-bond acceptors (Lipinski definition) is 3. The molecule has 0 amide bonds. The molecule has 8 heavy (non-hydrogen) atoms. The van der Waals surface area contributed by atoms with E-state index in [9.17, 15) is 0 Å². The van der Waals surface area contributed by atoms with Gasteiger partial charge in [-0.2, -0.15) is 0 Å². The Morgan fingerprint density at radius 2 is 2.25 bits per heavy atom. The Labute approximate surface area is 49.8 Å². The molecule has 0 rings (SSSR count). The van der Waals surface area contributed by atoms with Crippen molar-refractivity contribution in [3.63, 3.8) is 0 Å². The molecule has 0 aliphatic heterocycles. The van der Waals surface area contributed by atoms with Gasteiger partial charge >= 0.3 is 0 Å². The zero-order chi connectivity index (χ0) is 6.41. The molecule has 0 saturated carbocycles. The van der Waals surface area contributed by atoms with Crippen LogP contribution in [0.2, 0.25) is 0 Å². The summed E-state index contributed by atoms with van der Waals surface area (Å²) in [6.45, 7) is 2.78. The molecule has 0 saturated heterocycles. The molecule has 3 nitrogen and oxygen atoms in total. The fourth-order valence-corrected chi connectivity index (χ4v) is 0.252. The van der Waals surface area contributed by atoms with Gasteiger partial charge in [-0.15, -0.1) is 0 Å². The van der Waals surface area contributed by atoms with E-state index in [1.54, 1.807) is 7.11 Å². The molecule has 0 aromatic heterocycles. The van der Waals surface area contributed by atoms with E-state index >= 15 is 0 Å². The van der Waals surface area contributed by atoms with Gasteiger partial charge in [0.1, 0.15) is 6.79 Å². The van der Waals surface area contributed by atoms with Crippen LogP contribution in [0.4, 0.5) is 0 Å². The van der Waals surface area contributed by atoms with Crippen molar-refractivity contribution in [2.45, 2.75) is 13.0 Å². The van der Waals surface area contributed by atoms with E-state index in [0.29, 0.717) is 13.3 Å². The average molecular weight is 119 g/mol. The summed E-state index contributed by atoms with van der Waals surface area (Å²) in [5.41, 5.74) is 5.23. The molecular weight excluding hydrogens is 106 g/mol. The van der Waals surface area contributed by atoms with Gasteiger partial charge in [0, 0.05) is 13.7 Å². The minimum atomic E-state index is 0.106. The predicted octanol–water partition coefficient (Wildman–Crippen LogP) is -0.0459. The summed E-state index contributed by atoms with van der Waals surface area (Å²) in [5, 5.41) is 0. The Hall–Kier alpha value is -0.120. The SMILES string of the molecule is COCOC(C)CN. The number of methoxy groups -OCH3 is 1. The quantitative estimate of drug-likeness (QED) is 0.528. The highest BCUT2D eigenvalue weighted by Crippen LogP contribution is 1.84. The molecule has 1 unspecified atom stereocenters. The van der Waals surface area contributed by atoms with Crippen molar-refractivity contribution in [3.05, 3.63) is 0 Å². The Morgan fingerprint density at radius 3 is 2.62 bits per heavy atom. The van der Waals surface area contributed by atoms with Crippen LogP contribution in [-0.4, -0.2) is 26.6 Å². The van der Waals surface area contributed by atoms with Gasteiger partial charge in [-0.05, 0) is 6.92 Å². The maximum absolute atomic E-state index is 5.23. The number of nitrogens with two attached hydrogens (primary N) is 1. The third-order valence-electron chi connectivity index (χ3n) is 0.802. The fourth-order valence-electron chi connectivity index (χ4n) is 0.252. The zero-order valence-corrected chi connectivity index (χ0v) is 5.39. The highest BCUT2D eigenvalue weighted by atomic mass is 16.7. The van der Waals surface area contributed by atoms with E-state index in [4.69, 9.17) is 10.5 Å².